The second-order valence-electron chi connectivity index (χ2n) is 5.31. The maximum Gasteiger partial charge on any atom is 0.263 e. The molecule has 21 heavy (non-hydrogen) atoms. The van der Waals surface area contributed by atoms with E-state index in [1.165, 1.54) is 12.8 Å². The molecule has 1 aromatic carbocycles. The van der Waals surface area contributed by atoms with E-state index >= 15 is 0 Å². The predicted molar refractivity (Wildman–Crippen MR) is 84.7 cm³/mol. The molecular formula is C16H20BrNO3. The van der Waals surface area contributed by atoms with Crippen molar-refractivity contribution in [1.82, 2.24) is 4.90 Å². The molecule has 4 nitrogen and oxygen atoms in total. The molecule has 1 aliphatic rings. The van der Waals surface area contributed by atoms with E-state index in [0.29, 0.717) is 15.8 Å². The van der Waals surface area contributed by atoms with E-state index in [9.17, 15) is 9.59 Å². The lowest BCUT2D eigenvalue weighted by Crippen LogP contribution is -2.41. The van der Waals surface area contributed by atoms with Crippen LogP contribution in [-0.4, -0.2) is 36.3 Å². The zero-order chi connectivity index (χ0) is 15.2. The molecule has 1 aliphatic heterocycles. The lowest BCUT2D eigenvalue weighted by molar-refractivity contribution is -0.137. The molecular weight excluding hydrogens is 334 g/mol. The Hall–Kier alpha value is -1.36. The molecule has 0 radical (unpaired) electrons. The maximum absolute atomic E-state index is 12.4. The first-order valence-electron chi connectivity index (χ1n) is 7.32. The van der Waals surface area contributed by atoms with Crippen LogP contribution in [0, 0.1) is 0 Å². The Kier molecular flexibility index (Phi) is 5.79. The molecule has 0 spiro atoms. The van der Waals surface area contributed by atoms with Gasteiger partial charge in [-0.3, -0.25) is 9.59 Å². The highest BCUT2D eigenvalue weighted by molar-refractivity contribution is 9.10. The monoisotopic (exact) mass is 353 g/mol. The lowest BCUT2D eigenvalue weighted by atomic mass is 10.2. The number of aldehydes is 1. The number of benzene rings is 1. The van der Waals surface area contributed by atoms with Gasteiger partial charge in [0, 0.05) is 18.7 Å². The lowest BCUT2D eigenvalue weighted by Gasteiger charge is -2.24. The van der Waals surface area contributed by atoms with E-state index in [4.69, 9.17) is 4.74 Å². The zero-order valence-electron chi connectivity index (χ0n) is 12.2. The van der Waals surface area contributed by atoms with E-state index in [1.54, 1.807) is 25.1 Å². The predicted octanol–water partition coefficient (Wildman–Crippen LogP) is 3.43. The topological polar surface area (TPSA) is 46.6 Å². The number of halogens is 1. The van der Waals surface area contributed by atoms with Crippen LogP contribution in [0.25, 0.3) is 0 Å². The number of rotatable bonds is 4. The Morgan fingerprint density at radius 1 is 1.29 bits per heavy atom. The van der Waals surface area contributed by atoms with Crippen molar-refractivity contribution in [2.45, 2.75) is 38.7 Å². The number of ether oxygens (including phenoxy) is 1. The van der Waals surface area contributed by atoms with Crippen molar-refractivity contribution in [3.63, 3.8) is 0 Å². The van der Waals surface area contributed by atoms with Gasteiger partial charge in [0.1, 0.15) is 12.0 Å². The van der Waals surface area contributed by atoms with E-state index in [0.717, 1.165) is 32.2 Å². The molecule has 1 aromatic rings. The fraction of sp³-hybridized carbons (Fsp3) is 0.500. The Morgan fingerprint density at radius 3 is 2.52 bits per heavy atom. The second kappa shape index (κ2) is 7.59. The highest BCUT2D eigenvalue weighted by atomic mass is 79.9. The SMILES string of the molecule is CC(Oc1ccc(C=O)cc1Br)C(=O)N1CCCCCC1. The van der Waals surface area contributed by atoms with Crippen LogP contribution in [0.2, 0.25) is 0 Å². The number of carbonyl (C=O) groups excluding carboxylic acids is 2. The van der Waals surface area contributed by atoms with E-state index in [2.05, 4.69) is 15.9 Å². The number of hydrogen-bond donors (Lipinski definition) is 0. The van der Waals surface area contributed by atoms with Crippen LogP contribution >= 0.6 is 15.9 Å². The van der Waals surface area contributed by atoms with Gasteiger partial charge in [-0.1, -0.05) is 12.8 Å². The van der Waals surface area contributed by atoms with Crippen molar-refractivity contribution in [3.8, 4) is 5.75 Å². The number of amides is 1. The van der Waals surface area contributed by atoms with Gasteiger partial charge in [-0.15, -0.1) is 0 Å². The smallest absolute Gasteiger partial charge is 0.263 e. The van der Waals surface area contributed by atoms with Crippen LogP contribution in [0.4, 0.5) is 0 Å². The highest BCUT2D eigenvalue weighted by Gasteiger charge is 2.23. The summed E-state index contributed by atoms with van der Waals surface area (Å²) in [5, 5.41) is 0. The zero-order valence-corrected chi connectivity index (χ0v) is 13.8. The molecule has 1 atom stereocenters. The third-order valence-corrected chi connectivity index (χ3v) is 4.28. The van der Waals surface area contributed by atoms with Gasteiger partial charge in [-0.05, 0) is 53.9 Å². The summed E-state index contributed by atoms with van der Waals surface area (Å²) >= 11 is 3.37. The van der Waals surface area contributed by atoms with Crippen molar-refractivity contribution in [2.75, 3.05) is 13.1 Å². The first-order chi connectivity index (χ1) is 10.1. The molecule has 1 fully saturated rings. The summed E-state index contributed by atoms with van der Waals surface area (Å²) in [6, 6.07) is 5.07. The summed E-state index contributed by atoms with van der Waals surface area (Å²) in [5.74, 6) is 0.611. The molecule has 0 bridgehead atoms. The molecule has 1 amide bonds. The molecule has 1 heterocycles. The molecule has 0 aromatic heterocycles. The van der Waals surface area contributed by atoms with Crippen molar-refractivity contribution in [1.29, 1.82) is 0 Å². The van der Waals surface area contributed by atoms with Gasteiger partial charge < -0.3 is 9.64 Å². The maximum atomic E-state index is 12.4. The third kappa shape index (κ3) is 4.30. The molecule has 2 rings (SSSR count). The normalized spacial score (nSPS) is 17.0. The average Bonchev–Trinajstić information content (AvgIpc) is 2.77. The molecule has 0 N–H and O–H groups in total. The van der Waals surface area contributed by atoms with Crippen molar-refractivity contribution < 1.29 is 14.3 Å². The van der Waals surface area contributed by atoms with Crippen LogP contribution in [0.5, 0.6) is 5.75 Å². The summed E-state index contributed by atoms with van der Waals surface area (Å²) < 4.78 is 6.43. The number of carbonyl (C=O) groups is 2. The van der Waals surface area contributed by atoms with Crippen LogP contribution < -0.4 is 4.74 Å². The first-order valence-corrected chi connectivity index (χ1v) is 8.11. The van der Waals surface area contributed by atoms with Gasteiger partial charge in [0.05, 0.1) is 4.47 Å². The molecule has 0 aliphatic carbocycles. The number of likely N-dealkylation sites (tertiary alicyclic amines) is 1. The number of nitrogens with zero attached hydrogens (tertiary/aromatic N) is 1. The number of hydrogen-bond acceptors (Lipinski definition) is 3. The van der Waals surface area contributed by atoms with Gasteiger partial charge >= 0.3 is 0 Å². The van der Waals surface area contributed by atoms with Gasteiger partial charge in [0.15, 0.2) is 6.10 Å². The summed E-state index contributed by atoms with van der Waals surface area (Å²) in [7, 11) is 0. The van der Waals surface area contributed by atoms with Crippen molar-refractivity contribution in [2.24, 2.45) is 0 Å². The quantitative estimate of drug-likeness (QED) is 0.779. The van der Waals surface area contributed by atoms with E-state index in [1.807, 2.05) is 4.90 Å². The van der Waals surface area contributed by atoms with Crippen LogP contribution in [0.3, 0.4) is 0 Å². The van der Waals surface area contributed by atoms with Gasteiger partial charge in [0.2, 0.25) is 0 Å². The van der Waals surface area contributed by atoms with Gasteiger partial charge in [-0.25, -0.2) is 0 Å². The Morgan fingerprint density at radius 2 is 1.95 bits per heavy atom. The Balaban J connectivity index is 2.01. The summed E-state index contributed by atoms with van der Waals surface area (Å²) in [6.45, 7) is 3.41. The molecule has 1 saturated heterocycles. The fourth-order valence-corrected chi connectivity index (χ4v) is 2.96. The van der Waals surface area contributed by atoms with E-state index < -0.39 is 6.10 Å². The van der Waals surface area contributed by atoms with Crippen molar-refractivity contribution in [3.05, 3.63) is 28.2 Å². The molecule has 114 valence electrons. The minimum atomic E-state index is -0.526. The molecule has 0 saturated carbocycles. The molecule has 1 unspecified atom stereocenters. The van der Waals surface area contributed by atoms with Crippen LogP contribution in [-0.2, 0) is 4.79 Å². The van der Waals surface area contributed by atoms with Crippen molar-refractivity contribution >= 4 is 28.1 Å². The minimum Gasteiger partial charge on any atom is -0.480 e. The standard InChI is InChI=1S/C16H20BrNO3/c1-12(16(20)18-8-4-2-3-5-9-18)21-15-7-6-13(11-19)10-14(15)17/h6-7,10-12H,2-5,8-9H2,1H3. The average molecular weight is 354 g/mol. The van der Waals surface area contributed by atoms with Gasteiger partial charge in [-0.2, -0.15) is 0 Å². The molecule has 5 heteroatoms. The largest absolute Gasteiger partial charge is 0.480 e. The summed E-state index contributed by atoms with van der Waals surface area (Å²) in [5.41, 5.74) is 0.570. The summed E-state index contributed by atoms with van der Waals surface area (Å²) in [6.07, 6.45) is 4.77. The first kappa shape index (κ1) is 16.0. The van der Waals surface area contributed by atoms with Crippen LogP contribution in [0.1, 0.15) is 43.0 Å². The minimum absolute atomic E-state index is 0.0308. The highest BCUT2D eigenvalue weighted by Crippen LogP contribution is 2.27. The fourth-order valence-electron chi connectivity index (χ4n) is 2.48. The van der Waals surface area contributed by atoms with E-state index in [-0.39, 0.29) is 5.91 Å². The van der Waals surface area contributed by atoms with Gasteiger partial charge in [0.25, 0.3) is 5.91 Å². The second-order valence-corrected chi connectivity index (χ2v) is 6.16. The third-order valence-electron chi connectivity index (χ3n) is 3.66. The van der Waals surface area contributed by atoms with Crippen LogP contribution in [0.15, 0.2) is 22.7 Å². The Bertz CT molecular complexity index is 510. The summed E-state index contributed by atoms with van der Waals surface area (Å²) in [4.78, 5) is 25.0. The Labute approximate surface area is 133 Å².